The summed E-state index contributed by atoms with van der Waals surface area (Å²) in [6, 6.07) is 10.4. The maximum absolute atomic E-state index is 6.02. The van der Waals surface area contributed by atoms with E-state index in [1.54, 1.807) is 0 Å². The van der Waals surface area contributed by atoms with Crippen molar-refractivity contribution in [3.63, 3.8) is 0 Å². The SMILES string of the molecule is Cc1cnc2c(c1)nc(N)n2CCc1ccccc1C. The summed E-state index contributed by atoms with van der Waals surface area (Å²) in [4.78, 5) is 8.84. The molecule has 4 nitrogen and oxygen atoms in total. The Labute approximate surface area is 118 Å². The number of imidazole rings is 1. The molecule has 0 atom stereocenters. The van der Waals surface area contributed by atoms with Crippen LogP contribution in [0.1, 0.15) is 16.7 Å². The zero-order valence-corrected chi connectivity index (χ0v) is 11.8. The molecule has 102 valence electrons. The fourth-order valence-electron chi connectivity index (χ4n) is 2.47. The molecular weight excluding hydrogens is 248 g/mol. The van der Waals surface area contributed by atoms with Crippen LogP contribution in [0.25, 0.3) is 11.2 Å². The Morgan fingerprint density at radius 2 is 2.00 bits per heavy atom. The minimum atomic E-state index is 0.534. The van der Waals surface area contributed by atoms with Crippen LogP contribution in [0.2, 0.25) is 0 Å². The van der Waals surface area contributed by atoms with Gasteiger partial charge < -0.3 is 5.73 Å². The zero-order valence-electron chi connectivity index (χ0n) is 11.8. The number of hydrogen-bond acceptors (Lipinski definition) is 3. The highest BCUT2D eigenvalue weighted by Crippen LogP contribution is 2.18. The highest BCUT2D eigenvalue weighted by Gasteiger charge is 2.09. The van der Waals surface area contributed by atoms with Crippen molar-refractivity contribution in [3.05, 3.63) is 53.2 Å². The largest absolute Gasteiger partial charge is 0.369 e. The van der Waals surface area contributed by atoms with Crippen LogP contribution in [0, 0.1) is 13.8 Å². The van der Waals surface area contributed by atoms with Crippen molar-refractivity contribution < 1.29 is 0 Å². The average Bonchev–Trinajstić information content (AvgIpc) is 2.73. The van der Waals surface area contributed by atoms with Crippen LogP contribution < -0.4 is 5.73 Å². The molecule has 0 radical (unpaired) electrons. The normalized spacial score (nSPS) is 11.1. The maximum atomic E-state index is 6.02. The third-order valence-corrected chi connectivity index (χ3v) is 3.62. The summed E-state index contributed by atoms with van der Waals surface area (Å²) in [6.45, 7) is 4.94. The lowest BCUT2D eigenvalue weighted by atomic mass is 10.1. The number of fused-ring (bicyclic) bond motifs is 1. The lowest BCUT2D eigenvalue weighted by Gasteiger charge is -2.08. The fourth-order valence-corrected chi connectivity index (χ4v) is 2.47. The van der Waals surface area contributed by atoms with Crippen LogP contribution in [-0.2, 0) is 13.0 Å². The topological polar surface area (TPSA) is 56.7 Å². The second kappa shape index (κ2) is 4.96. The number of pyridine rings is 1. The van der Waals surface area contributed by atoms with E-state index in [0.717, 1.165) is 29.7 Å². The Kier molecular flexibility index (Phi) is 3.14. The molecule has 0 aliphatic heterocycles. The molecule has 0 saturated carbocycles. The number of aromatic nitrogens is 3. The van der Waals surface area contributed by atoms with Crippen LogP contribution >= 0.6 is 0 Å². The van der Waals surface area contributed by atoms with Gasteiger partial charge in [-0.2, -0.15) is 0 Å². The highest BCUT2D eigenvalue weighted by molar-refractivity contribution is 5.74. The van der Waals surface area contributed by atoms with Crippen LogP contribution in [0.3, 0.4) is 0 Å². The lowest BCUT2D eigenvalue weighted by Crippen LogP contribution is -2.07. The standard InChI is InChI=1S/C16H18N4/c1-11-9-14-15(18-10-11)20(16(17)19-14)8-7-13-6-4-3-5-12(13)2/h3-6,9-10H,7-8H2,1-2H3,(H2,17,19). The summed E-state index contributed by atoms with van der Waals surface area (Å²) in [7, 11) is 0. The second-order valence-electron chi connectivity index (χ2n) is 5.15. The second-order valence-corrected chi connectivity index (χ2v) is 5.15. The molecule has 2 N–H and O–H groups in total. The predicted molar refractivity (Wildman–Crippen MR) is 81.6 cm³/mol. The van der Waals surface area contributed by atoms with Crippen LogP contribution in [0.15, 0.2) is 36.5 Å². The maximum Gasteiger partial charge on any atom is 0.202 e. The van der Waals surface area contributed by atoms with Gasteiger partial charge in [0.05, 0.1) is 0 Å². The number of anilines is 1. The Morgan fingerprint density at radius 1 is 1.20 bits per heavy atom. The van der Waals surface area contributed by atoms with Crippen molar-refractivity contribution in [2.75, 3.05) is 5.73 Å². The van der Waals surface area contributed by atoms with E-state index in [2.05, 4.69) is 41.2 Å². The van der Waals surface area contributed by atoms with Gasteiger partial charge in [-0.1, -0.05) is 24.3 Å². The molecule has 2 heterocycles. The predicted octanol–water partition coefficient (Wildman–Crippen LogP) is 2.87. The van der Waals surface area contributed by atoms with Crippen molar-refractivity contribution in [1.82, 2.24) is 14.5 Å². The third-order valence-electron chi connectivity index (χ3n) is 3.62. The van der Waals surface area contributed by atoms with Gasteiger partial charge in [0.2, 0.25) is 5.95 Å². The first-order valence-corrected chi connectivity index (χ1v) is 6.78. The summed E-state index contributed by atoms with van der Waals surface area (Å²) in [5, 5.41) is 0. The van der Waals surface area contributed by atoms with Crippen molar-refractivity contribution in [1.29, 1.82) is 0 Å². The summed E-state index contributed by atoms with van der Waals surface area (Å²) >= 11 is 0. The van der Waals surface area contributed by atoms with Gasteiger partial charge in [-0.25, -0.2) is 9.97 Å². The van der Waals surface area contributed by atoms with E-state index in [-0.39, 0.29) is 0 Å². The van der Waals surface area contributed by atoms with Gasteiger partial charge in [-0.3, -0.25) is 4.57 Å². The first-order valence-electron chi connectivity index (χ1n) is 6.78. The monoisotopic (exact) mass is 266 g/mol. The van der Waals surface area contributed by atoms with Gasteiger partial charge in [0.15, 0.2) is 5.65 Å². The van der Waals surface area contributed by atoms with Crippen LogP contribution in [-0.4, -0.2) is 14.5 Å². The molecule has 0 unspecified atom stereocenters. The van der Waals surface area contributed by atoms with Gasteiger partial charge in [0, 0.05) is 12.7 Å². The molecule has 0 spiro atoms. The molecule has 4 heteroatoms. The Balaban J connectivity index is 1.91. The van der Waals surface area contributed by atoms with Gasteiger partial charge >= 0.3 is 0 Å². The van der Waals surface area contributed by atoms with E-state index in [1.165, 1.54) is 11.1 Å². The molecule has 1 aromatic carbocycles. The number of hydrogen-bond donors (Lipinski definition) is 1. The van der Waals surface area contributed by atoms with E-state index in [9.17, 15) is 0 Å². The molecule has 0 amide bonds. The highest BCUT2D eigenvalue weighted by atomic mass is 15.2. The van der Waals surface area contributed by atoms with E-state index in [4.69, 9.17) is 5.73 Å². The molecule has 0 aliphatic rings. The smallest absolute Gasteiger partial charge is 0.202 e. The number of aryl methyl sites for hydroxylation is 4. The minimum absolute atomic E-state index is 0.534. The number of rotatable bonds is 3. The number of benzene rings is 1. The lowest BCUT2D eigenvalue weighted by molar-refractivity contribution is 0.717. The first-order chi connectivity index (χ1) is 9.65. The third kappa shape index (κ3) is 2.25. The molecule has 20 heavy (non-hydrogen) atoms. The van der Waals surface area contributed by atoms with Crippen molar-refractivity contribution in [3.8, 4) is 0 Å². The van der Waals surface area contributed by atoms with Crippen LogP contribution in [0.5, 0.6) is 0 Å². The average molecular weight is 266 g/mol. The molecule has 3 rings (SSSR count). The summed E-state index contributed by atoms with van der Waals surface area (Å²) in [5.74, 6) is 0.534. The Hall–Kier alpha value is -2.36. The van der Waals surface area contributed by atoms with E-state index >= 15 is 0 Å². The molecule has 3 aromatic rings. The minimum Gasteiger partial charge on any atom is -0.369 e. The van der Waals surface area contributed by atoms with Crippen molar-refractivity contribution >= 4 is 17.1 Å². The summed E-state index contributed by atoms with van der Waals surface area (Å²) in [6.07, 6.45) is 2.78. The Morgan fingerprint density at radius 3 is 2.80 bits per heavy atom. The molecule has 0 fully saturated rings. The van der Waals surface area contributed by atoms with Crippen LogP contribution in [0.4, 0.5) is 5.95 Å². The van der Waals surface area contributed by atoms with E-state index in [0.29, 0.717) is 5.95 Å². The molecule has 0 saturated heterocycles. The quantitative estimate of drug-likeness (QED) is 0.793. The summed E-state index contributed by atoms with van der Waals surface area (Å²) < 4.78 is 1.99. The molecule has 2 aromatic heterocycles. The molecule has 0 aliphatic carbocycles. The summed E-state index contributed by atoms with van der Waals surface area (Å²) in [5.41, 5.74) is 11.5. The zero-order chi connectivity index (χ0) is 14.1. The van der Waals surface area contributed by atoms with Gasteiger partial charge in [-0.05, 0) is 43.0 Å². The van der Waals surface area contributed by atoms with Crippen molar-refractivity contribution in [2.45, 2.75) is 26.8 Å². The Bertz CT molecular complexity index is 758. The van der Waals surface area contributed by atoms with E-state index < -0.39 is 0 Å². The number of nitrogens with zero attached hydrogens (tertiary/aromatic N) is 3. The van der Waals surface area contributed by atoms with Gasteiger partial charge in [-0.15, -0.1) is 0 Å². The fraction of sp³-hybridized carbons (Fsp3) is 0.250. The van der Waals surface area contributed by atoms with Crippen molar-refractivity contribution in [2.24, 2.45) is 0 Å². The first kappa shape index (κ1) is 12.7. The molecular formula is C16H18N4. The van der Waals surface area contributed by atoms with E-state index in [1.807, 2.05) is 23.8 Å². The number of nitrogens with two attached hydrogens (primary N) is 1. The molecule has 0 bridgehead atoms. The number of nitrogen functional groups attached to an aromatic ring is 1. The van der Waals surface area contributed by atoms with Gasteiger partial charge in [0.25, 0.3) is 0 Å². The van der Waals surface area contributed by atoms with Gasteiger partial charge in [0.1, 0.15) is 5.52 Å².